The molecule has 1 unspecified atom stereocenters. The van der Waals surface area contributed by atoms with Crippen LogP contribution in [0.4, 0.5) is 4.79 Å². The van der Waals surface area contributed by atoms with Crippen LogP contribution >= 0.6 is 23.2 Å². The van der Waals surface area contributed by atoms with Gasteiger partial charge in [-0.2, -0.15) is 0 Å². The first-order valence-electron chi connectivity index (χ1n) is 3.27. The highest BCUT2D eigenvalue weighted by atomic mass is 35.5. The van der Waals surface area contributed by atoms with E-state index in [4.69, 9.17) is 23.2 Å². The van der Waals surface area contributed by atoms with Crippen molar-refractivity contribution in [1.82, 2.24) is 5.32 Å². The SMILES string of the molecule is CCCCC(Cl)NC(=O)Cl. The van der Waals surface area contributed by atoms with Gasteiger partial charge in [-0.15, -0.1) is 0 Å². The zero-order chi connectivity index (χ0) is 7.98. The highest BCUT2D eigenvalue weighted by Gasteiger charge is 2.04. The molecule has 10 heavy (non-hydrogen) atoms. The lowest BCUT2D eigenvalue weighted by Crippen LogP contribution is -2.25. The molecule has 4 heteroatoms. The number of rotatable bonds is 4. The van der Waals surface area contributed by atoms with Crippen LogP contribution in [0.15, 0.2) is 0 Å². The summed E-state index contributed by atoms with van der Waals surface area (Å²) in [6.45, 7) is 2.06. The van der Waals surface area contributed by atoms with Crippen molar-refractivity contribution in [3.63, 3.8) is 0 Å². The maximum atomic E-state index is 10.2. The number of hydrogen-bond donors (Lipinski definition) is 1. The van der Waals surface area contributed by atoms with Gasteiger partial charge in [-0.3, -0.25) is 4.79 Å². The van der Waals surface area contributed by atoms with E-state index in [9.17, 15) is 4.79 Å². The first-order valence-corrected chi connectivity index (χ1v) is 4.08. The molecule has 1 atom stereocenters. The second-order valence-corrected chi connectivity index (χ2v) is 2.90. The fourth-order valence-corrected chi connectivity index (χ4v) is 1.02. The second kappa shape index (κ2) is 5.81. The van der Waals surface area contributed by atoms with Gasteiger partial charge in [0.15, 0.2) is 0 Å². The number of carbonyl (C=O) groups excluding carboxylic acids is 1. The van der Waals surface area contributed by atoms with Crippen LogP contribution in [0.1, 0.15) is 26.2 Å². The molecule has 60 valence electrons. The van der Waals surface area contributed by atoms with Gasteiger partial charge in [-0.25, -0.2) is 0 Å². The van der Waals surface area contributed by atoms with E-state index in [2.05, 4.69) is 12.2 Å². The minimum Gasteiger partial charge on any atom is -0.326 e. The largest absolute Gasteiger partial charge is 0.326 e. The van der Waals surface area contributed by atoms with Gasteiger partial charge in [-0.05, 0) is 18.0 Å². The number of carbonyl (C=O) groups is 1. The lowest BCUT2D eigenvalue weighted by Gasteiger charge is -2.06. The van der Waals surface area contributed by atoms with E-state index in [0.29, 0.717) is 0 Å². The zero-order valence-electron chi connectivity index (χ0n) is 5.86. The third-order valence-corrected chi connectivity index (χ3v) is 1.52. The Morgan fingerprint density at radius 2 is 2.30 bits per heavy atom. The minimum absolute atomic E-state index is 0.315. The van der Waals surface area contributed by atoms with E-state index in [1.807, 2.05) is 0 Å². The summed E-state index contributed by atoms with van der Waals surface area (Å²) < 4.78 is 0. The van der Waals surface area contributed by atoms with Gasteiger partial charge >= 0.3 is 5.37 Å². The number of amides is 1. The normalized spacial score (nSPS) is 12.7. The molecule has 0 rings (SSSR count). The fourth-order valence-electron chi connectivity index (χ4n) is 0.579. The Balaban J connectivity index is 3.25. The number of halogens is 2. The Hall–Kier alpha value is 0.0500. The Kier molecular flexibility index (Phi) is 5.84. The van der Waals surface area contributed by atoms with Gasteiger partial charge in [0.1, 0.15) is 5.50 Å². The average molecular weight is 184 g/mol. The first kappa shape index (κ1) is 10.0. The minimum atomic E-state index is -0.587. The van der Waals surface area contributed by atoms with Crippen molar-refractivity contribution in [3.05, 3.63) is 0 Å². The van der Waals surface area contributed by atoms with Crippen LogP contribution in [0.25, 0.3) is 0 Å². The maximum Gasteiger partial charge on any atom is 0.314 e. The van der Waals surface area contributed by atoms with Crippen molar-refractivity contribution in [2.45, 2.75) is 31.7 Å². The number of nitrogens with one attached hydrogen (secondary N) is 1. The molecule has 0 heterocycles. The van der Waals surface area contributed by atoms with E-state index in [-0.39, 0.29) is 5.50 Å². The van der Waals surface area contributed by atoms with E-state index >= 15 is 0 Å². The molecule has 0 aliphatic carbocycles. The molecular weight excluding hydrogens is 173 g/mol. The summed E-state index contributed by atoms with van der Waals surface area (Å²) >= 11 is 10.7. The van der Waals surface area contributed by atoms with Crippen molar-refractivity contribution in [2.24, 2.45) is 0 Å². The Morgan fingerprint density at radius 3 is 2.70 bits per heavy atom. The van der Waals surface area contributed by atoms with E-state index in [0.717, 1.165) is 19.3 Å². The number of alkyl halides is 1. The molecule has 1 N–H and O–H groups in total. The first-order chi connectivity index (χ1) is 4.66. The highest BCUT2D eigenvalue weighted by molar-refractivity contribution is 6.63. The molecule has 0 saturated heterocycles. The average Bonchev–Trinajstić information content (AvgIpc) is 1.82. The molecule has 0 aromatic heterocycles. The standard InChI is InChI=1S/C6H11Cl2NO/c1-2-3-4-5(7)9-6(8)10/h5H,2-4H2,1H3,(H,9,10). The highest BCUT2D eigenvalue weighted by Crippen LogP contribution is 2.04. The third-order valence-electron chi connectivity index (χ3n) is 1.08. The predicted molar refractivity (Wildman–Crippen MR) is 43.6 cm³/mol. The van der Waals surface area contributed by atoms with E-state index < -0.39 is 5.37 Å². The van der Waals surface area contributed by atoms with Crippen LogP contribution in [-0.2, 0) is 0 Å². The zero-order valence-corrected chi connectivity index (χ0v) is 7.37. The Bertz CT molecular complexity index is 108. The lowest BCUT2D eigenvalue weighted by atomic mass is 10.2. The van der Waals surface area contributed by atoms with Crippen molar-refractivity contribution in [2.75, 3.05) is 0 Å². The molecular formula is C6H11Cl2NO. The molecule has 0 fully saturated rings. The summed E-state index contributed by atoms with van der Waals surface area (Å²) in [5.41, 5.74) is -0.315. The topological polar surface area (TPSA) is 29.1 Å². The molecule has 0 bridgehead atoms. The molecule has 0 spiro atoms. The summed E-state index contributed by atoms with van der Waals surface area (Å²) in [4.78, 5) is 10.2. The Labute approximate surface area is 70.9 Å². The molecule has 0 aliphatic rings. The van der Waals surface area contributed by atoms with Gasteiger partial charge in [0, 0.05) is 0 Å². The second-order valence-electron chi connectivity index (χ2n) is 2.03. The summed E-state index contributed by atoms with van der Waals surface area (Å²) in [5.74, 6) is 0. The molecule has 0 aromatic carbocycles. The van der Waals surface area contributed by atoms with Crippen molar-refractivity contribution in [3.8, 4) is 0 Å². The fraction of sp³-hybridized carbons (Fsp3) is 0.833. The van der Waals surface area contributed by atoms with Crippen molar-refractivity contribution >= 4 is 28.6 Å². The van der Waals surface area contributed by atoms with Crippen LogP contribution in [0.5, 0.6) is 0 Å². The molecule has 2 nitrogen and oxygen atoms in total. The third kappa shape index (κ3) is 6.17. The van der Waals surface area contributed by atoms with Crippen LogP contribution in [0.2, 0.25) is 0 Å². The maximum absolute atomic E-state index is 10.2. The van der Waals surface area contributed by atoms with Gasteiger partial charge in [0.2, 0.25) is 0 Å². The van der Waals surface area contributed by atoms with Crippen LogP contribution in [0, 0.1) is 0 Å². The molecule has 1 amide bonds. The summed E-state index contributed by atoms with van der Waals surface area (Å²) in [6.07, 6.45) is 2.85. The molecule has 0 radical (unpaired) electrons. The molecule has 0 aromatic rings. The Morgan fingerprint density at radius 1 is 1.70 bits per heavy atom. The van der Waals surface area contributed by atoms with Gasteiger partial charge in [0.05, 0.1) is 0 Å². The van der Waals surface area contributed by atoms with E-state index in [1.54, 1.807) is 0 Å². The molecule has 0 aliphatic heterocycles. The summed E-state index contributed by atoms with van der Waals surface area (Å²) in [6, 6.07) is 0. The van der Waals surface area contributed by atoms with Crippen molar-refractivity contribution < 1.29 is 4.79 Å². The monoisotopic (exact) mass is 183 g/mol. The molecule has 0 saturated carbocycles. The van der Waals surface area contributed by atoms with Crippen LogP contribution in [0.3, 0.4) is 0 Å². The van der Waals surface area contributed by atoms with Crippen LogP contribution < -0.4 is 5.32 Å². The van der Waals surface area contributed by atoms with Gasteiger partial charge < -0.3 is 5.32 Å². The number of hydrogen-bond acceptors (Lipinski definition) is 1. The van der Waals surface area contributed by atoms with Crippen molar-refractivity contribution in [1.29, 1.82) is 0 Å². The lowest BCUT2D eigenvalue weighted by molar-refractivity contribution is 0.258. The van der Waals surface area contributed by atoms with Crippen LogP contribution in [-0.4, -0.2) is 10.9 Å². The summed E-state index contributed by atoms with van der Waals surface area (Å²) in [7, 11) is 0. The van der Waals surface area contributed by atoms with Gasteiger partial charge in [-0.1, -0.05) is 31.4 Å². The summed E-state index contributed by atoms with van der Waals surface area (Å²) in [5, 5.41) is 1.78. The quantitative estimate of drug-likeness (QED) is 0.406. The van der Waals surface area contributed by atoms with Gasteiger partial charge in [0.25, 0.3) is 0 Å². The smallest absolute Gasteiger partial charge is 0.314 e. The number of unbranched alkanes of at least 4 members (excludes halogenated alkanes) is 1. The van der Waals surface area contributed by atoms with E-state index in [1.165, 1.54) is 0 Å². The predicted octanol–water partition coefficient (Wildman–Crippen LogP) is 2.69.